The molecule has 0 heterocycles. The van der Waals surface area contributed by atoms with E-state index in [4.69, 9.17) is 11.6 Å². The number of halogens is 7. The molecule has 0 atom stereocenters. The summed E-state index contributed by atoms with van der Waals surface area (Å²) in [7, 11) is -9.58. The van der Waals surface area contributed by atoms with E-state index in [0.29, 0.717) is 6.07 Å². The van der Waals surface area contributed by atoms with E-state index in [9.17, 15) is 19.4 Å². The second-order valence-electron chi connectivity index (χ2n) is 2.86. The van der Waals surface area contributed by atoms with Crippen LogP contribution in [0.2, 0.25) is 5.02 Å². The van der Waals surface area contributed by atoms with E-state index < -0.39 is 15.1 Å². The van der Waals surface area contributed by atoms with Crippen molar-refractivity contribution in [1.29, 1.82) is 0 Å². The standard InChI is InChI=1S/C7H5BrClF5S/c8-4-5-3-6(1-2-7(5)9)15(10,11,12,13)14/h1-3H,4H2. The molecule has 0 saturated heterocycles. The van der Waals surface area contributed by atoms with Crippen molar-refractivity contribution >= 4 is 37.8 Å². The topological polar surface area (TPSA) is 0 Å². The third-order valence-electron chi connectivity index (χ3n) is 1.61. The summed E-state index contributed by atoms with van der Waals surface area (Å²) in [5.74, 6) is 0. The molecule has 0 aliphatic rings. The van der Waals surface area contributed by atoms with Crippen molar-refractivity contribution in [1.82, 2.24) is 0 Å². The number of rotatable bonds is 2. The van der Waals surface area contributed by atoms with Gasteiger partial charge in [-0.05, 0) is 23.8 Å². The van der Waals surface area contributed by atoms with Gasteiger partial charge >= 0.3 is 10.2 Å². The minimum atomic E-state index is -9.58. The fourth-order valence-corrected chi connectivity index (χ4v) is 2.39. The van der Waals surface area contributed by atoms with E-state index in [-0.39, 0.29) is 22.0 Å². The summed E-state index contributed by atoms with van der Waals surface area (Å²) in [6.45, 7) is 0. The molecule has 8 heteroatoms. The molecule has 0 amide bonds. The van der Waals surface area contributed by atoms with Gasteiger partial charge in [0.25, 0.3) is 0 Å². The molecular weight excluding hydrogens is 326 g/mol. The molecule has 1 aromatic rings. The van der Waals surface area contributed by atoms with Crippen molar-refractivity contribution in [2.24, 2.45) is 0 Å². The Bertz CT molecular complexity index is 401. The lowest BCUT2D eigenvalue weighted by molar-refractivity contribution is 0.364. The zero-order valence-corrected chi connectivity index (χ0v) is 10.2. The Morgan fingerprint density at radius 3 is 2.07 bits per heavy atom. The summed E-state index contributed by atoms with van der Waals surface area (Å²) in [5, 5.41) is -0.00877. The lowest BCUT2D eigenvalue weighted by Gasteiger charge is -2.40. The number of hydrogen-bond donors (Lipinski definition) is 0. The Hall–Kier alpha value is -0.0100. The summed E-state index contributed by atoms with van der Waals surface area (Å²) in [5.41, 5.74) is -0.0255. The molecule has 15 heavy (non-hydrogen) atoms. The summed E-state index contributed by atoms with van der Waals surface area (Å²) >= 11 is 8.37. The maximum absolute atomic E-state index is 12.3. The van der Waals surface area contributed by atoms with Gasteiger partial charge in [0.1, 0.15) is 4.90 Å². The average Bonchev–Trinajstić information content (AvgIpc) is 2.00. The molecule has 0 fully saturated rings. The van der Waals surface area contributed by atoms with Crippen LogP contribution in [0.5, 0.6) is 0 Å². The van der Waals surface area contributed by atoms with Crippen LogP contribution in [0, 0.1) is 0 Å². The zero-order valence-electron chi connectivity index (χ0n) is 6.99. The van der Waals surface area contributed by atoms with Gasteiger partial charge in [-0.1, -0.05) is 47.0 Å². The zero-order chi connectivity index (χ0) is 12.0. The van der Waals surface area contributed by atoms with Crippen LogP contribution in [0.25, 0.3) is 0 Å². The van der Waals surface area contributed by atoms with E-state index in [2.05, 4.69) is 15.9 Å². The smallest absolute Gasteiger partial charge is 0.0936 e. The van der Waals surface area contributed by atoms with Crippen LogP contribution in [0.1, 0.15) is 5.56 Å². The highest BCUT2D eigenvalue weighted by Crippen LogP contribution is 3.02. The highest BCUT2D eigenvalue weighted by atomic mass is 79.9. The highest BCUT2D eigenvalue weighted by Gasteiger charge is 2.65. The van der Waals surface area contributed by atoms with Gasteiger partial charge in [-0.25, -0.2) is 0 Å². The lowest BCUT2D eigenvalue weighted by atomic mass is 10.2. The Morgan fingerprint density at radius 1 is 1.13 bits per heavy atom. The second-order valence-corrected chi connectivity index (χ2v) is 6.23. The van der Waals surface area contributed by atoms with Crippen LogP contribution in [0.4, 0.5) is 19.4 Å². The van der Waals surface area contributed by atoms with Crippen molar-refractivity contribution < 1.29 is 19.4 Å². The first-order chi connectivity index (χ1) is 6.44. The molecule has 0 nitrogen and oxygen atoms in total. The molecule has 1 rings (SSSR count). The first-order valence-corrected chi connectivity index (χ1v) is 6.97. The van der Waals surface area contributed by atoms with Gasteiger partial charge in [0.2, 0.25) is 0 Å². The van der Waals surface area contributed by atoms with Gasteiger partial charge in [-0.15, -0.1) is 0 Å². The van der Waals surface area contributed by atoms with E-state index in [1.54, 1.807) is 0 Å². The largest absolute Gasteiger partial charge is 0.310 e. The first kappa shape index (κ1) is 13.1. The number of alkyl halides is 1. The average molecular weight is 332 g/mol. The van der Waals surface area contributed by atoms with Crippen LogP contribution in [0.3, 0.4) is 0 Å². The summed E-state index contributed by atoms with van der Waals surface area (Å²) < 4.78 is 61.7. The van der Waals surface area contributed by atoms with Crippen LogP contribution in [0.15, 0.2) is 23.1 Å². The molecule has 0 N–H and O–H groups in total. The molecule has 0 bridgehead atoms. The Balaban J connectivity index is 3.44. The molecule has 1 aromatic carbocycles. The van der Waals surface area contributed by atoms with E-state index in [1.165, 1.54) is 0 Å². The number of benzene rings is 1. The Morgan fingerprint density at radius 2 is 1.67 bits per heavy atom. The van der Waals surface area contributed by atoms with Crippen LogP contribution >= 0.6 is 37.8 Å². The van der Waals surface area contributed by atoms with Gasteiger partial charge < -0.3 is 0 Å². The molecule has 0 aromatic heterocycles. The van der Waals surface area contributed by atoms with Crippen molar-refractivity contribution in [2.45, 2.75) is 10.2 Å². The highest BCUT2D eigenvalue weighted by molar-refractivity contribution is 9.08. The molecule has 0 aliphatic carbocycles. The normalized spacial score (nSPS) is 17.0. The van der Waals surface area contributed by atoms with E-state index in [1.807, 2.05) is 0 Å². The van der Waals surface area contributed by atoms with Crippen molar-refractivity contribution in [3.8, 4) is 0 Å². The molecule has 88 valence electrons. The fraction of sp³-hybridized carbons (Fsp3) is 0.143. The molecule has 0 radical (unpaired) electrons. The molecule has 0 saturated carbocycles. The van der Waals surface area contributed by atoms with Crippen LogP contribution in [-0.2, 0) is 5.33 Å². The van der Waals surface area contributed by atoms with E-state index in [0.717, 1.165) is 6.07 Å². The predicted octanol–water partition coefficient (Wildman–Crippen LogP) is 5.89. The third-order valence-corrected chi connectivity index (χ3v) is 3.72. The third kappa shape index (κ3) is 3.22. The summed E-state index contributed by atoms with van der Waals surface area (Å²) in [6, 6.07) is 1.46. The fourth-order valence-electron chi connectivity index (χ4n) is 0.893. The Labute approximate surface area is 96.3 Å². The van der Waals surface area contributed by atoms with Crippen LogP contribution < -0.4 is 0 Å². The first-order valence-electron chi connectivity index (χ1n) is 3.52. The summed E-state index contributed by atoms with van der Waals surface area (Å²) in [4.78, 5) is -1.92. The van der Waals surface area contributed by atoms with Crippen molar-refractivity contribution in [3.05, 3.63) is 28.8 Å². The monoisotopic (exact) mass is 330 g/mol. The van der Waals surface area contributed by atoms with Crippen molar-refractivity contribution in [3.63, 3.8) is 0 Å². The molecular formula is C7H5BrClF5S. The lowest BCUT2D eigenvalue weighted by Crippen LogP contribution is -2.06. The van der Waals surface area contributed by atoms with Crippen molar-refractivity contribution in [2.75, 3.05) is 0 Å². The van der Waals surface area contributed by atoms with Gasteiger partial charge in [0, 0.05) is 10.4 Å². The van der Waals surface area contributed by atoms with Gasteiger partial charge in [0.05, 0.1) is 0 Å². The van der Waals surface area contributed by atoms with Gasteiger partial charge in [0.15, 0.2) is 0 Å². The SMILES string of the molecule is FS(F)(F)(F)(F)c1ccc(Cl)c(CBr)c1. The van der Waals surface area contributed by atoms with Gasteiger partial charge in [-0.2, -0.15) is 0 Å². The van der Waals surface area contributed by atoms with E-state index >= 15 is 0 Å². The maximum Gasteiger partial charge on any atom is 0.310 e. The molecule has 0 spiro atoms. The number of hydrogen-bond acceptors (Lipinski definition) is 0. The van der Waals surface area contributed by atoms with Gasteiger partial charge in [-0.3, -0.25) is 0 Å². The Kier molecular flexibility index (Phi) is 2.62. The quantitative estimate of drug-likeness (QED) is 0.468. The minimum Gasteiger partial charge on any atom is -0.0936 e. The van der Waals surface area contributed by atoms with Crippen LogP contribution in [-0.4, -0.2) is 0 Å². The second kappa shape index (κ2) is 3.01. The molecule has 0 unspecified atom stereocenters. The molecule has 0 aliphatic heterocycles. The predicted molar refractivity (Wildman–Crippen MR) is 55.5 cm³/mol. The maximum atomic E-state index is 12.3. The minimum absolute atomic E-state index is 0.0116. The summed E-state index contributed by atoms with van der Waals surface area (Å²) in [6.07, 6.45) is 0.